The zero-order valence-corrected chi connectivity index (χ0v) is 22.1. The molecule has 198 valence electrons. The second-order valence-electron chi connectivity index (χ2n) is 11.0. The van der Waals surface area contributed by atoms with E-state index in [1.54, 1.807) is 9.80 Å². The molecule has 1 spiro atoms. The van der Waals surface area contributed by atoms with Crippen molar-refractivity contribution in [1.82, 2.24) is 9.80 Å². The predicted octanol–water partition coefficient (Wildman–Crippen LogP) is 4.46. The van der Waals surface area contributed by atoms with Crippen LogP contribution in [0.2, 0.25) is 0 Å². The minimum Gasteiger partial charge on any atom is -0.445 e. The maximum atomic E-state index is 14.5. The molecular formula is C30H34N4O4. The van der Waals surface area contributed by atoms with Crippen LogP contribution < -0.4 is 5.32 Å². The van der Waals surface area contributed by atoms with Crippen molar-refractivity contribution in [3.8, 4) is 6.07 Å². The Hall–Kier alpha value is -3.86. The van der Waals surface area contributed by atoms with Crippen LogP contribution in [0.4, 0.5) is 10.5 Å². The van der Waals surface area contributed by atoms with Gasteiger partial charge in [-0.25, -0.2) is 4.79 Å². The van der Waals surface area contributed by atoms with Crippen LogP contribution in [0.1, 0.15) is 51.2 Å². The Morgan fingerprint density at radius 2 is 1.87 bits per heavy atom. The lowest BCUT2D eigenvalue weighted by molar-refractivity contribution is -0.139. The molecule has 8 nitrogen and oxygen atoms in total. The van der Waals surface area contributed by atoms with E-state index < -0.39 is 23.1 Å². The second kappa shape index (κ2) is 9.79. The Kier molecular flexibility index (Phi) is 6.64. The van der Waals surface area contributed by atoms with E-state index in [0.29, 0.717) is 19.4 Å². The van der Waals surface area contributed by atoms with E-state index in [9.17, 15) is 19.6 Å². The number of nitrogens with one attached hydrogen (secondary N) is 1. The molecule has 1 saturated carbocycles. The number of anilines is 1. The van der Waals surface area contributed by atoms with Crippen molar-refractivity contribution in [2.45, 2.75) is 63.6 Å². The number of nitriles is 1. The van der Waals surface area contributed by atoms with Gasteiger partial charge in [-0.2, -0.15) is 5.26 Å². The molecule has 2 heterocycles. The zero-order valence-electron chi connectivity index (χ0n) is 22.1. The Balaban J connectivity index is 1.46. The molecule has 0 bridgehead atoms. The van der Waals surface area contributed by atoms with E-state index in [0.717, 1.165) is 16.8 Å². The van der Waals surface area contributed by atoms with Gasteiger partial charge in [0, 0.05) is 25.2 Å². The summed E-state index contributed by atoms with van der Waals surface area (Å²) in [5, 5.41) is 13.0. The number of fused-ring (bicyclic) bond motifs is 2. The number of hydrogen-bond acceptors (Lipinski definition) is 5. The van der Waals surface area contributed by atoms with Crippen molar-refractivity contribution in [2.75, 3.05) is 18.4 Å². The molecule has 3 amide bonds. The number of carbonyl (C=O) groups is 3. The molecule has 8 heteroatoms. The van der Waals surface area contributed by atoms with Gasteiger partial charge in [0.2, 0.25) is 11.8 Å². The molecule has 0 aromatic heterocycles. The van der Waals surface area contributed by atoms with Gasteiger partial charge in [0.05, 0.1) is 11.5 Å². The third-order valence-corrected chi connectivity index (χ3v) is 8.41. The number of benzene rings is 2. The quantitative estimate of drug-likeness (QED) is 0.588. The molecule has 1 aliphatic carbocycles. The molecule has 5 rings (SSSR count). The third-order valence-electron chi connectivity index (χ3n) is 8.41. The third kappa shape index (κ3) is 4.01. The number of hydrogen-bond donors (Lipinski definition) is 1. The Bertz CT molecular complexity index is 1290. The van der Waals surface area contributed by atoms with E-state index in [4.69, 9.17) is 4.74 Å². The first-order chi connectivity index (χ1) is 18.3. The Labute approximate surface area is 223 Å². The minimum absolute atomic E-state index is 0.0635. The second-order valence-corrected chi connectivity index (χ2v) is 11.0. The first kappa shape index (κ1) is 25.8. The van der Waals surface area contributed by atoms with Crippen molar-refractivity contribution < 1.29 is 19.1 Å². The van der Waals surface area contributed by atoms with E-state index in [-0.39, 0.29) is 43.2 Å². The summed E-state index contributed by atoms with van der Waals surface area (Å²) in [6, 6.07) is 18.4. The first-order valence-corrected chi connectivity index (χ1v) is 13.4. The fourth-order valence-electron chi connectivity index (χ4n) is 6.43. The highest BCUT2D eigenvalue weighted by Gasteiger charge is 2.69. The average Bonchev–Trinajstić information content (AvgIpc) is 3.47. The fraction of sp³-hybridized carbons (Fsp3) is 0.467. The Morgan fingerprint density at radius 3 is 2.53 bits per heavy atom. The molecule has 3 aliphatic rings. The van der Waals surface area contributed by atoms with Gasteiger partial charge in [-0.15, -0.1) is 0 Å². The summed E-state index contributed by atoms with van der Waals surface area (Å²) in [4.78, 5) is 44.3. The summed E-state index contributed by atoms with van der Waals surface area (Å²) in [7, 11) is 0. The van der Waals surface area contributed by atoms with E-state index in [1.807, 2.05) is 75.4 Å². The Morgan fingerprint density at radius 1 is 1.16 bits per heavy atom. The van der Waals surface area contributed by atoms with Crippen LogP contribution in [0.3, 0.4) is 0 Å². The van der Waals surface area contributed by atoms with Crippen molar-refractivity contribution in [3.63, 3.8) is 0 Å². The van der Waals surface area contributed by atoms with Crippen molar-refractivity contribution in [1.29, 1.82) is 5.26 Å². The number of carbonyl (C=O) groups excluding carboxylic acids is 3. The fourth-order valence-corrected chi connectivity index (χ4v) is 6.43. The van der Waals surface area contributed by atoms with Crippen LogP contribution >= 0.6 is 0 Å². The minimum atomic E-state index is -1.09. The summed E-state index contributed by atoms with van der Waals surface area (Å²) in [5.74, 6) is -0.367. The highest BCUT2D eigenvalue weighted by Crippen LogP contribution is 2.56. The zero-order chi connectivity index (χ0) is 27.1. The molecule has 2 fully saturated rings. The molecular weight excluding hydrogens is 480 g/mol. The molecule has 2 aromatic rings. The SMILES string of the molecule is CCCN(C(=O)OCc1ccccc1)C1(C(=O)N2C[C@]3(C[C@H]2C#N)C(=O)Nc2ccccc23)C[C@@H]1C(C)C. The van der Waals surface area contributed by atoms with Gasteiger partial charge in [0.25, 0.3) is 0 Å². The van der Waals surface area contributed by atoms with Crippen molar-refractivity contribution in [3.05, 3.63) is 65.7 Å². The summed E-state index contributed by atoms with van der Waals surface area (Å²) in [6.45, 7) is 6.65. The molecule has 38 heavy (non-hydrogen) atoms. The standard InChI is InChI=1S/C30H34N4O4/c1-4-14-34(28(37)38-18-21-10-6-5-7-11-21)30(16-24(30)20(2)3)27(36)33-19-29(15-22(33)17-31)23-12-8-9-13-25(23)32-26(29)35/h5-13,20,22,24H,4,14-16,18-19H2,1-3H3,(H,32,35)/t22-,24+,29-,30?/m0/s1. The van der Waals surface area contributed by atoms with Crippen LogP contribution in [-0.4, -0.2) is 52.4 Å². The first-order valence-electron chi connectivity index (χ1n) is 13.4. The largest absolute Gasteiger partial charge is 0.445 e. The van der Waals surface area contributed by atoms with Crippen LogP contribution in [0.25, 0.3) is 0 Å². The number of ether oxygens (including phenoxy) is 1. The molecule has 4 atom stereocenters. The number of amides is 3. The number of rotatable bonds is 7. The van der Waals surface area contributed by atoms with Gasteiger partial charge in [0.15, 0.2) is 0 Å². The van der Waals surface area contributed by atoms with Crippen LogP contribution in [0.5, 0.6) is 0 Å². The van der Waals surface area contributed by atoms with E-state index in [1.165, 1.54) is 0 Å². The molecule has 1 saturated heterocycles. The van der Waals surface area contributed by atoms with Crippen LogP contribution in [0.15, 0.2) is 54.6 Å². The van der Waals surface area contributed by atoms with Crippen LogP contribution in [-0.2, 0) is 26.3 Å². The molecule has 2 aliphatic heterocycles. The monoisotopic (exact) mass is 514 g/mol. The highest BCUT2D eigenvalue weighted by atomic mass is 16.6. The number of para-hydroxylation sites is 1. The smallest absolute Gasteiger partial charge is 0.411 e. The van der Waals surface area contributed by atoms with Gasteiger partial charge in [-0.05, 0) is 41.9 Å². The van der Waals surface area contributed by atoms with Gasteiger partial charge in [0.1, 0.15) is 18.2 Å². The van der Waals surface area contributed by atoms with E-state index >= 15 is 0 Å². The lowest BCUT2D eigenvalue weighted by Crippen LogP contribution is -2.56. The van der Waals surface area contributed by atoms with Gasteiger partial charge >= 0.3 is 6.09 Å². The predicted molar refractivity (Wildman–Crippen MR) is 142 cm³/mol. The van der Waals surface area contributed by atoms with Gasteiger partial charge in [-0.3, -0.25) is 14.5 Å². The topological polar surface area (TPSA) is 103 Å². The van der Waals surface area contributed by atoms with Crippen molar-refractivity contribution in [2.24, 2.45) is 11.8 Å². The molecule has 0 radical (unpaired) electrons. The molecule has 1 unspecified atom stereocenters. The average molecular weight is 515 g/mol. The van der Waals surface area contributed by atoms with Gasteiger partial charge in [-0.1, -0.05) is 69.3 Å². The maximum absolute atomic E-state index is 14.5. The van der Waals surface area contributed by atoms with Crippen molar-refractivity contribution >= 4 is 23.6 Å². The summed E-state index contributed by atoms with van der Waals surface area (Å²) >= 11 is 0. The van der Waals surface area contributed by atoms with Gasteiger partial charge < -0.3 is 15.0 Å². The summed E-state index contributed by atoms with van der Waals surface area (Å²) < 4.78 is 5.71. The normalized spacial score (nSPS) is 27.1. The summed E-state index contributed by atoms with van der Waals surface area (Å²) in [5.41, 5.74) is 0.346. The molecule has 2 aromatic carbocycles. The number of nitrogens with zero attached hydrogens (tertiary/aromatic N) is 3. The highest BCUT2D eigenvalue weighted by molar-refractivity contribution is 6.07. The molecule has 1 N–H and O–H groups in total. The lowest BCUT2D eigenvalue weighted by atomic mass is 9.80. The number of likely N-dealkylation sites (tertiary alicyclic amines) is 1. The lowest BCUT2D eigenvalue weighted by Gasteiger charge is -2.36. The summed E-state index contributed by atoms with van der Waals surface area (Å²) in [6.07, 6.45) is 0.863. The maximum Gasteiger partial charge on any atom is 0.411 e. The van der Waals surface area contributed by atoms with Crippen LogP contribution in [0, 0.1) is 23.2 Å². The van der Waals surface area contributed by atoms with E-state index in [2.05, 4.69) is 11.4 Å².